The second kappa shape index (κ2) is 12.2. The van der Waals surface area contributed by atoms with Crippen molar-refractivity contribution in [3.8, 4) is 61.8 Å². The molecule has 9 aromatic rings. The topological polar surface area (TPSA) is 30.7 Å². The predicted molar refractivity (Wildman–Crippen MR) is 204 cm³/mol. The van der Waals surface area contributed by atoms with Crippen molar-refractivity contribution in [3.63, 3.8) is 0 Å². The lowest BCUT2D eigenvalue weighted by atomic mass is 9.94. The minimum atomic E-state index is 0.708. The minimum Gasteiger partial charge on any atom is -0.309 e. The van der Waals surface area contributed by atoms with Gasteiger partial charge in [0.15, 0.2) is 5.82 Å². The molecule has 0 radical (unpaired) electrons. The van der Waals surface area contributed by atoms with E-state index in [-0.39, 0.29) is 0 Å². The standard InChI is InChI=1S/C46H31N3/c1-4-14-32(15-5-1)36-28-37(33-24-26-39(27-25-33)49-44-22-12-10-20-40(44)41-21-11-13-23-45(41)49)30-38(29-36)43-31-42(34-16-6-2-7-17-34)47-46(48-43)35-18-8-3-9-19-35/h1-31H. The Morgan fingerprint density at radius 3 is 1.31 bits per heavy atom. The highest BCUT2D eigenvalue weighted by atomic mass is 15.0. The van der Waals surface area contributed by atoms with Gasteiger partial charge in [0.1, 0.15) is 0 Å². The van der Waals surface area contributed by atoms with Gasteiger partial charge in [-0.2, -0.15) is 0 Å². The Labute approximate surface area is 285 Å². The Morgan fingerprint density at radius 2 is 0.735 bits per heavy atom. The van der Waals surface area contributed by atoms with Gasteiger partial charge in [0, 0.05) is 33.2 Å². The van der Waals surface area contributed by atoms with Crippen LogP contribution in [0.3, 0.4) is 0 Å². The van der Waals surface area contributed by atoms with E-state index < -0.39 is 0 Å². The maximum Gasteiger partial charge on any atom is 0.160 e. The summed E-state index contributed by atoms with van der Waals surface area (Å²) in [4.78, 5) is 10.2. The molecule has 49 heavy (non-hydrogen) atoms. The molecule has 230 valence electrons. The quantitative estimate of drug-likeness (QED) is 0.184. The summed E-state index contributed by atoms with van der Waals surface area (Å²) in [5.41, 5.74) is 13.0. The molecule has 0 aliphatic carbocycles. The van der Waals surface area contributed by atoms with Gasteiger partial charge in [0.05, 0.1) is 22.4 Å². The Morgan fingerprint density at radius 1 is 0.306 bits per heavy atom. The third-order valence-corrected chi connectivity index (χ3v) is 9.20. The van der Waals surface area contributed by atoms with E-state index in [9.17, 15) is 0 Å². The smallest absolute Gasteiger partial charge is 0.160 e. The SMILES string of the molecule is c1ccc(-c2cc(-c3ccc(-n4c5ccccc5c5ccccc54)cc3)cc(-c3cc(-c4ccccc4)nc(-c4ccccc4)n3)c2)cc1. The molecule has 0 fully saturated rings. The lowest BCUT2D eigenvalue weighted by Crippen LogP contribution is -1.96. The third-order valence-electron chi connectivity index (χ3n) is 9.20. The maximum absolute atomic E-state index is 5.16. The number of nitrogens with zero attached hydrogens (tertiary/aromatic N) is 3. The molecule has 0 saturated heterocycles. The van der Waals surface area contributed by atoms with Crippen molar-refractivity contribution in [2.24, 2.45) is 0 Å². The Bertz CT molecular complexity index is 2460. The van der Waals surface area contributed by atoms with Crippen LogP contribution in [0.25, 0.3) is 83.6 Å². The van der Waals surface area contributed by atoms with E-state index in [0.717, 1.165) is 56.0 Å². The first kappa shape index (κ1) is 28.6. The number of benzene rings is 7. The van der Waals surface area contributed by atoms with E-state index in [0.29, 0.717) is 5.82 Å². The molecule has 0 N–H and O–H groups in total. The van der Waals surface area contributed by atoms with Crippen molar-refractivity contribution in [2.75, 3.05) is 0 Å². The van der Waals surface area contributed by atoms with Crippen LogP contribution in [-0.2, 0) is 0 Å². The number of hydrogen-bond donors (Lipinski definition) is 0. The molecule has 2 aromatic heterocycles. The van der Waals surface area contributed by atoms with Crippen LogP contribution in [0, 0.1) is 0 Å². The maximum atomic E-state index is 5.16. The number of hydrogen-bond acceptors (Lipinski definition) is 2. The summed E-state index contributed by atoms with van der Waals surface area (Å²) in [7, 11) is 0. The highest BCUT2D eigenvalue weighted by molar-refractivity contribution is 6.09. The molecule has 0 saturated carbocycles. The summed E-state index contributed by atoms with van der Waals surface area (Å²) >= 11 is 0. The van der Waals surface area contributed by atoms with Crippen molar-refractivity contribution in [3.05, 3.63) is 188 Å². The van der Waals surface area contributed by atoms with Crippen LogP contribution in [-0.4, -0.2) is 14.5 Å². The summed E-state index contributed by atoms with van der Waals surface area (Å²) in [6, 6.07) is 66.2. The predicted octanol–water partition coefficient (Wildman–Crippen LogP) is 11.9. The van der Waals surface area contributed by atoms with Gasteiger partial charge in [-0.15, -0.1) is 0 Å². The molecule has 7 aromatic carbocycles. The Balaban J connectivity index is 1.20. The zero-order valence-electron chi connectivity index (χ0n) is 26.7. The fourth-order valence-corrected chi connectivity index (χ4v) is 6.81. The first-order valence-electron chi connectivity index (χ1n) is 16.6. The normalized spacial score (nSPS) is 11.3. The number of rotatable bonds is 6. The number of aromatic nitrogens is 3. The van der Waals surface area contributed by atoms with Gasteiger partial charge < -0.3 is 4.57 Å². The van der Waals surface area contributed by atoms with Crippen LogP contribution in [0.5, 0.6) is 0 Å². The summed E-state index contributed by atoms with van der Waals surface area (Å²) in [6.45, 7) is 0. The van der Waals surface area contributed by atoms with Gasteiger partial charge in [-0.25, -0.2) is 9.97 Å². The van der Waals surface area contributed by atoms with Crippen molar-refractivity contribution in [1.29, 1.82) is 0 Å². The monoisotopic (exact) mass is 625 g/mol. The molecule has 0 unspecified atom stereocenters. The van der Waals surface area contributed by atoms with Crippen molar-refractivity contribution in [2.45, 2.75) is 0 Å². The van der Waals surface area contributed by atoms with Gasteiger partial charge in [-0.05, 0) is 70.8 Å². The van der Waals surface area contributed by atoms with Crippen molar-refractivity contribution >= 4 is 21.8 Å². The van der Waals surface area contributed by atoms with Crippen LogP contribution < -0.4 is 0 Å². The molecule has 2 heterocycles. The highest BCUT2D eigenvalue weighted by Gasteiger charge is 2.15. The van der Waals surface area contributed by atoms with E-state index in [2.05, 4.69) is 168 Å². The average molecular weight is 626 g/mol. The second-order valence-electron chi connectivity index (χ2n) is 12.3. The molecule has 0 bridgehead atoms. The molecule has 0 aliphatic heterocycles. The van der Waals surface area contributed by atoms with Gasteiger partial charge in [0.25, 0.3) is 0 Å². The van der Waals surface area contributed by atoms with Crippen LogP contribution >= 0.6 is 0 Å². The fraction of sp³-hybridized carbons (Fsp3) is 0. The largest absolute Gasteiger partial charge is 0.309 e. The lowest BCUT2D eigenvalue weighted by molar-refractivity contribution is 1.18. The van der Waals surface area contributed by atoms with Gasteiger partial charge in [0.2, 0.25) is 0 Å². The molecular formula is C46H31N3. The van der Waals surface area contributed by atoms with E-state index in [1.165, 1.54) is 21.8 Å². The molecule has 0 amide bonds. The summed E-state index contributed by atoms with van der Waals surface area (Å²) < 4.78 is 2.36. The summed E-state index contributed by atoms with van der Waals surface area (Å²) in [6.07, 6.45) is 0. The first-order valence-corrected chi connectivity index (χ1v) is 16.6. The van der Waals surface area contributed by atoms with Crippen LogP contribution in [0.1, 0.15) is 0 Å². The van der Waals surface area contributed by atoms with E-state index in [4.69, 9.17) is 9.97 Å². The lowest BCUT2D eigenvalue weighted by Gasteiger charge is -2.14. The molecular weight excluding hydrogens is 595 g/mol. The fourth-order valence-electron chi connectivity index (χ4n) is 6.81. The Kier molecular flexibility index (Phi) is 7.14. The third kappa shape index (κ3) is 5.38. The van der Waals surface area contributed by atoms with Crippen LogP contribution in [0.2, 0.25) is 0 Å². The minimum absolute atomic E-state index is 0.708. The molecule has 3 heteroatoms. The second-order valence-corrected chi connectivity index (χ2v) is 12.3. The average Bonchev–Trinajstić information content (AvgIpc) is 3.53. The first-order chi connectivity index (χ1) is 24.3. The number of fused-ring (bicyclic) bond motifs is 3. The van der Waals surface area contributed by atoms with E-state index in [1.807, 2.05) is 24.3 Å². The van der Waals surface area contributed by atoms with E-state index in [1.54, 1.807) is 0 Å². The molecule has 0 spiro atoms. The van der Waals surface area contributed by atoms with Gasteiger partial charge >= 0.3 is 0 Å². The zero-order chi connectivity index (χ0) is 32.6. The van der Waals surface area contributed by atoms with Gasteiger partial charge in [-0.3, -0.25) is 0 Å². The number of para-hydroxylation sites is 2. The van der Waals surface area contributed by atoms with Gasteiger partial charge in [-0.1, -0.05) is 140 Å². The molecule has 0 atom stereocenters. The Hall–Kier alpha value is -6.58. The van der Waals surface area contributed by atoms with Crippen LogP contribution in [0.15, 0.2) is 188 Å². The van der Waals surface area contributed by atoms with Crippen molar-refractivity contribution < 1.29 is 0 Å². The molecule has 9 rings (SSSR count). The zero-order valence-corrected chi connectivity index (χ0v) is 26.7. The van der Waals surface area contributed by atoms with Crippen molar-refractivity contribution in [1.82, 2.24) is 14.5 Å². The molecule has 3 nitrogen and oxygen atoms in total. The summed E-state index contributed by atoms with van der Waals surface area (Å²) in [5.74, 6) is 0.708. The van der Waals surface area contributed by atoms with E-state index >= 15 is 0 Å². The van der Waals surface area contributed by atoms with Crippen LogP contribution in [0.4, 0.5) is 0 Å². The highest BCUT2D eigenvalue weighted by Crippen LogP contribution is 2.36. The molecule has 0 aliphatic rings. The summed E-state index contributed by atoms with van der Waals surface area (Å²) in [5, 5.41) is 2.52.